The van der Waals surface area contributed by atoms with Crippen LogP contribution in [0.2, 0.25) is 0 Å². The van der Waals surface area contributed by atoms with Crippen LogP contribution in [0.3, 0.4) is 0 Å². The number of hydrogen-bond acceptors (Lipinski definition) is 5. The Morgan fingerprint density at radius 2 is 1.73 bits per heavy atom. The number of aryl methyl sites for hydroxylation is 1. The Balaban J connectivity index is 1.33. The highest BCUT2D eigenvalue weighted by atomic mass is 32.1. The fourth-order valence-electron chi connectivity index (χ4n) is 3.78. The van der Waals surface area contributed by atoms with Gasteiger partial charge in [-0.05, 0) is 55.0 Å². The molecule has 3 heterocycles. The van der Waals surface area contributed by atoms with E-state index in [-0.39, 0.29) is 42.9 Å². The van der Waals surface area contributed by atoms with Gasteiger partial charge in [-0.25, -0.2) is 9.07 Å². The van der Waals surface area contributed by atoms with Crippen LogP contribution in [0, 0.1) is 12.7 Å². The molecule has 7 nitrogen and oxygen atoms in total. The van der Waals surface area contributed by atoms with Gasteiger partial charge in [0.05, 0.1) is 22.8 Å². The number of thiophene rings is 1. The largest absolute Gasteiger partial charge is 0.321 e. The summed E-state index contributed by atoms with van der Waals surface area (Å²) in [6, 6.07) is 14.9. The molecule has 1 aliphatic rings. The van der Waals surface area contributed by atoms with E-state index in [0.29, 0.717) is 16.3 Å². The lowest BCUT2D eigenvalue weighted by Gasteiger charge is -2.14. The predicted octanol–water partition coefficient (Wildman–Crippen LogP) is 4.44. The second-order valence-electron chi connectivity index (χ2n) is 7.83. The van der Waals surface area contributed by atoms with Crippen molar-refractivity contribution in [1.29, 1.82) is 0 Å². The molecule has 2 aromatic carbocycles. The lowest BCUT2D eigenvalue weighted by molar-refractivity contribution is -0.139. The van der Waals surface area contributed by atoms with Crippen LogP contribution in [0.1, 0.15) is 33.8 Å². The number of nitrogens with one attached hydrogen (secondary N) is 1. The Bertz CT molecular complexity index is 1370. The molecule has 0 radical (unpaired) electrons. The molecule has 0 bridgehead atoms. The van der Waals surface area contributed by atoms with Crippen molar-refractivity contribution in [2.75, 3.05) is 5.32 Å². The molecule has 2 aromatic heterocycles. The SMILES string of the molecule is Cc1nn(-c2ccc(F)cc2)c2sc(C(=O)Nc3ccc(CN4C(=O)CCC4=O)cc3)cc12. The average molecular weight is 463 g/mol. The number of halogens is 1. The third kappa shape index (κ3) is 4.03. The highest BCUT2D eigenvalue weighted by Crippen LogP contribution is 2.31. The van der Waals surface area contributed by atoms with Gasteiger partial charge in [0.1, 0.15) is 10.6 Å². The zero-order valence-corrected chi connectivity index (χ0v) is 18.5. The highest BCUT2D eigenvalue weighted by molar-refractivity contribution is 7.20. The van der Waals surface area contributed by atoms with E-state index in [9.17, 15) is 18.8 Å². The van der Waals surface area contributed by atoms with Gasteiger partial charge < -0.3 is 5.32 Å². The molecule has 1 fully saturated rings. The van der Waals surface area contributed by atoms with Gasteiger partial charge in [0.25, 0.3) is 5.91 Å². The van der Waals surface area contributed by atoms with Gasteiger partial charge in [-0.15, -0.1) is 11.3 Å². The lowest BCUT2D eigenvalue weighted by Crippen LogP contribution is -2.28. The van der Waals surface area contributed by atoms with Gasteiger partial charge in [0.15, 0.2) is 0 Å². The maximum atomic E-state index is 13.3. The van der Waals surface area contributed by atoms with Crippen molar-refractivity contribution >= 4 is 45.0 Å². The zero-order chi connectivity index (χ0) is 23.1. The topological polar surface area (TPSA) is 84.3 Å². The molecule has 166 valence electrons. The van der Waals surface area contributed by atoms with Gasteiger partial charge in [0.2, 0.25) is 11.8 Å². The van der Waals surface area contributed by atoms with Gasteiger partial charge in [-0.1, -0.05) is 12.1 Å². The Morgan fingerprint density at radius 3 is 2.39 bits per heavy atom. The summed E-state index contributed by atoms with van der Waals surface area (Å²) < 4.78 is 15.0. The molecule has 1 N–H and O–H groups in total. The van der Waals surface area contributed by atoms with Crippen LogP contribution in [0.25, 0.3) is 15.9 Å². The molecular weight excluding hydrogens is 443 g/mol. The van der Waals surface area contributed by atoms with Crippen LogP contribution >= 0.6 is 11.3 Å². The molecule has 3 amide bonds. The molecule has 1 aliphatic heterocycles. The number of hydrogen-bond donors (Lipinski definition) is 1. The van der Waals surface area contributed by atoms with E-state index in [1.165, 1.54) is 28.4 Å². The Morgan fingerprint density at radius 1 is 1.06 bits per heavy atom. The summed E-state index contributed by atoms with van der Waals surface area (Å²) in [6.07, 6.45) is 0.529. The summed E-state index contributed by atoms with van der Waals surface area (Å²) >= 11 is 1.31. The molecular formula is C24H19FN4O3S. The standard InChI is InChI=1S/C24H19FN4O3S/c1-14-19-12-20(33-24(19)29(27-14)18-8-4-16(25)5-9-18)23(32)26-17-6-2-15(3-7-17)13-28-21(30)10-11-22(28)31/h2-9,12H,10-11,13H2,1H3,(H,26,32). The number of likely N-dealkylation sites (tertiary alicyclic amines) is 1. The highest BCUT2D eigenvalue weighted by Gasteiger charge is 2.28. The molecule has 0 aliphatic carbocycles. The number of benzene rings is 2. The number of carbonyl (C=O) groups excluding carboxylic acids is 3. The first-order valence-corrected chi connectivity index (χ1v) is 11.2. The number of rotatable bonds is 5. The molecule has 9 heteroatoms. The number of nitrogens with zero attached hydrogens (tertiary/aromatic N) is 3. The third-order valence-corrected chi connectivity index (χ3v) is 6.66. The molecule has 33 heavy (non-hydrogen) atoms. The summed E-state index contributed by atoms with van der Waals surface area (Å²) in [5.74, 6) is -0.887. The second kappa shape index (κ2) is 8.25. The number of carbonyl (C=O) groups is 3. The molecule has 1 saturated heterocycles. The van der Waals surface area contributed by atoms with E-state index in [1.807, 2.05) is 6.92 Å². The molecule has 5 rings (SSSR count). The average Bonchev–Trinajstić information content (AvgIpc) is 3.47. The van der Waals surface area contributed by atoms with Crippen molar-refractivity contribution in [3.05, 3.63) is 76.5 Å². The van der Waals surface area contributed by atoms with E-state index in [4.69, 9.17) is 0 Å². The van der Waals surface area contributed by atoms with E-state index in [1.54, 1.807) is 47.1 Å². The van der Waals surface area contributed by atoms with Gasteiger partial charge in [-0.2, -0.15) is 5.10 Å². The third-order valence-electron chi connectivity index (χ3n) is 5.55. The van der Waals surface area contributed by atoms with Crippen molar-refractivity contribution in [1.82, 2.24) is 14.7 Å². The van der Waals surface area contributed by atoms with Gasteiger partial charge in [-0.3, -0.25) is 19.3 Å². The Labute approximate surface area is 192 Å². The zero-order valence-electron chi connectivity index (χ0n) is 17.7. The van der Waals surface area contributed by atoms with Crippen molar-refractivity contribution in [3.8, 4) is 5.69 Å². The van der Waals surface area contributed by atoms with Gasteiger partial charge >= 0.3 is 0 Å². The Hall–Kier alpha value is -3.85. The number of amides is 3. The molecule has 0 unspecified atom stereocenters. The summed E-state index contributed by atoms with van der Waals surface area (Å²) in [7, 11) is 0. The predicted molar refractivity (Wildman–Crippen MR) is 123 cm³/mol. The monoisotopic (exact) mass is 462 g/mol. The number of fused-ring (bicyclic) bond motifs is 1. The number of aromatic nitrogens is 2. The van der Waals surface area contributed by atoms with E-state index >= 15 is 0 Å². The first kappa shape index (κ1) is 21.0. The number of anilines is 1. The van der Waals surface area contributed by atoms with Crippen molar-refractivity contribution < 1.29 is 18.8 Å². The summed E-state index contributed by atoms with van der Waals surface area (Å²) in [4.78, 5) is 39.0. The summed E-state index contributed by atoms with van der Waals surface area (Å²) in [5, 5.41) is 8.26. The van der Waals surface area contributed by atoms with Crippen LogP contribution in [-0.2, 0) is 16.1 Å². The summed E-state index contributed by atoms with van der Waals surface area (Å²) in [5.41, 5.74) is 2.92. The minimum absolute atomic E-state index is 0.156. The maximum Gasteiger partial charge on any atom is 0.265 e. The number of imide groups is 1. The smallest absolute Gasteiger partial charge is 0.265 e. The normalized spacial score (nSPS) is 13.8. The molecule has 0 spiro atoms. The van der Waals surface area contributed by atoms with Crippen LogP contribution in [0.5, 0.6) is 0 Å². The second-order valence-corrected chi connectivity index (χ2v) is 8.86. The van der Waals surface area contributed by atoms with Crippen molar-refractivity contribution in [2.45, 2.75) is 26.3 Å². The van der Waals surface area contributed by atoms with Crippen molar-refractivity contribution in [2.24, 2.45) is 0 Å². The van der Waals surface area contributed by atoms with Crippen LogP contribution in [-0.4, -0.2) is 32.4 Å². The van der Waals surface area contributed by atoms with Crippen LogP contribution < -0.4 is 5.32 Å². The molecule has 4 aromatic rings. The minimum atomic E-state index is -0.324. The quantitative estimate of drug-likeness (QED) is 0.445. The Kier molecular flexibility index (Phi) is 5.26. The van der Waals surface area contributed by atoms with Crippen LogP contribution in [0.15, 0.2) is 54.6 Å². The molecule has 0 atom stereocenters. The fraction of sp³-hybridized carbons (Fsp3) is 0.167. The first-order valence-electron chi connectivity index (χ1n) is 10.4. The van der Waals surface area contributed by atoms with Crippen LogP contribution in [0.4, 0.5) is 10.1 Å². The van der Waals surface area contributed by atoms with Gasteiger partial charge in [0, 0.05) is 23.9 Å². The fourth-order valence-corrected chi connectivity index (χ4v) is 4.86. The lowest BCUT2D eigenvalue weighted by atomic mass is 10.2. The summed E-state index contributed by atoms with van der Waals surface area (Å²) in [6.45, 7) is 2.10. The first-order chi connectivity index (χ1) is 15.9. The minimum Gasteiger partial charge on any atom is -0.321 e. The maximum absolute atomic E-state index is 13.3. The van der Waals surface area contributed by atoms with E-state index in [2.05, 4.69) is 10.4 Å². The van der Waals surface area contributed by atoms with Crippen molar-refractivity contribution in [3.63, 3.8) is 0 Å². The van der Waals surface area contributed by atoms with E-state index in [0.717, 1.165) is 21.5 Å². The molecule has 0 saturated carbocycles. The van der Waals surface area contributed by atoms with E-state index < -0.39 is 0 Å².